The van der Waals surface area contributed by atoms with Gasteiger partial charge in [-0.05, 0) is 31.9 Å². The van der Waals surface area contributed by atoms with Gasteiger partial charge in [-0.1, -0.05) is 17.7 Å². The molecule has 0 aliphatic carbocycles. The second-order valence-corrected chi connectivity index (χ2v) is 5.78. The lowest BCUT2D eigenvalue weighted by atomic mass is 10.1. The van der Waals surface area contributed by atoms with Gasteiger partial charge in [0.25, 0.3) is 0 Å². The molecule has 122 valence electrons. The van der Waals surface area contributed by atoms with Crippen LogP contribution in [0.3, 0.4) is 0 Å². The van der Waals surface area contributed by atoms with Crippen LogP contribution < -0.4 is 10.1 Å². The first-order valence-electron chi connectivity index (χ1n) is 7.67. The molecule has 0 radical (unpaired) electrons. The number of hydrogen-bond donors (Lipinski definition) is 2. The number of guanidine groups is 1. The van der Waals surface area contributed by atoms with Crippen LogP contribution in [0, 0.1) is 0 Å². The van der Waals surface area contributed by atoms with Crippen molar-refractivity contribution in [2.75, 3.05) is 26.7 Å². The van der Waals surface area contributed by atoms with Crippen molar-refractivity contribution in [1.82, 2.24) is 10.2 Å². The van der Waals surface area contributed by atoms with Crippen molar-refractivity contribution in [3.63, 3.8) is 0 Å². The Morgan fingerprint density at radius 1 is 1.45 bits per heavy atom. The Morgan fingerprint density at radius 2 is 2.18 bits per heavy atom. The van der Waals surface area contributed by atoms with Crippen molar-refractivity contribution in [1.29, 1.82) is 0 Å². The maximum atomic E-state index is 9.62. The Morgan fingerprint density at radius 3 is 2.82 bits per heavy atom. The van der Waals surface area contributed by atoms with Gasteiger partial charge in [0.15, 0.2) is 5.96 Å². The first-order valence-corrected chi connectivity index (χ1v) is 8.05. The summed E-state index contributed by atoms with van der Waals surface area (Å²) in [5.74, 6) is 1.63. The number of piperidine rings is 1. The highest BCUT2D eigenvalue weighted by atomic mass is 35.5. The van der Waals surface area contributed by atoms with Crippen LogP contribution >= 0.6 is 11.6 Å². The summed E-state index contributed by atoms with van der Waals surface area (Å²) in [6.07, 6.45) is 1.39. The fourth-order valence-electron chi connectivity index (χ4n) is 2.51. The quantitative estimate of drug-likeness (QED) is 0.658. The van der Waals surface area contributed by atoms with Crippen LogP contribution in [-0.2, 0) is 6.54 Å². The van der Waals surface area contributed by atoms with Gasteiger partial charge in [0.2, 0.25) is 0 Å². The van der Waals surface area contributed by atoms with Gasteiger partial charge in [0.05, 0.1) is 19.8 Å². The van der Waals surface area contributed by atoms with E-state index in [1.165, 1.54) is 0 Å². The Kier molecular flexibility index (Phi) is 6.34. The second-order valence-electron chi connectivity index (χ2n) is 5.34. The third-order valence-electron chi connectivity index (χ3n) is 3.75. The molecule has 0 aromatic heterocycles. The Labute approximate surface area is 136 Å². The lowest BCUT2D eigenvalue weighted by Gasteiger charge is -2.32. The van der Waals surface area contributed by atoms with E-state index in [9.17, 15) is 5.11 Å². The zero-order valence-corrected chi connectivity index (χ0v) is 13.9. The summed E-state index contributed by atoms with van der Waals surface area (Å²) in [4.78, 5) is 6.89. The van der Waals surface area contributed by atoms with Crippen LogP contribution in [0.4, 0.5) is 0 Å². The van der Waals surface area contributed by atoms with Crippen molar-refractivity contribution >= 4 is 17.6 Å². The summed E-state index contributed by atoms with van der Waals surface area (Å²) < 4.78 is 5.36. The minimum absolute atomic E-state index is 0.185. The zero-order chi connectivity index (χ0) is 15.9. The van der Waals surface area contributed by atoms with Crippen LogP contribution in [-0.4, -0.2) is 48.8 Å². The summed E-state index contributed by atoms with van der Waals surface area (Å²) in [5.41, 5.74) is 0.999. The van der Waals surface area contributed by atoms with E-state index in [1.807, 2.05) is 12.1 Å². The largest absolute Gasteiger partial charge is 0.496 e. The molecule has 0 atom stereocenters. The molecule has 1 fully saturated rings. The number of hydrogen-bond acceptors (Lipinski definition) is 3. The molecule has 0 bridgehead atoms. The van der Waals surface area contributed by atoms with Gasteiger partial charge < -0.3 is 20.1 Å². The average Bonchev–Trinajstić information content (AvgIpc) is 2.53. The molecular weight excluding hydrogens is 302 g/mol. The van der Waals surface area contributed by atoms with E-state index in [4.69, 9.17) is 21.3 Å². The molecule has 0 spiro atoms. The molecule has 0 amide bonds. The maximum absolute atomic E-state index is 9.62. The standard InChI is InChI=1S/C16H24ClN3O2/c1-3-18-16(20-8-6-14(21)7-9-20)19-11-12-4-5-13(17)10-15(12)22-2/h4-5,10,14,21H,3,6-9,11H2,1-2H3,(H,18,19). The van der Waals surface area contributed by atoms with Crippen LogP contribution in [0.1, 0.15) is 25.3 Å². The summed E-state index contributed by atoms with van der Waals surface area (Å²) >= 11 is 5.98. The molecule has 1 aromatic rings. The molecule has 1 aliphatic rings. The molecule has 1 saturated heterocycles. The first-order chi connectivity index (χ1) is 10.6. The van der Waals surface area contributed by atoms with Crippen molar-refractivity contribution in [3.8, 4) is 5.75 Å². The summed E-state index contributed by atoms with van der Waals surface area (Å²) in [7, 11) is 1.64. The van der Waals surface area contributed by atoms with Gasteiger partial charge in [-0.15, -0.1) is 0 Å². The van der Waals surface area contributed by atoms with Crippen LogP contribution in [0.5, 0.6) is 5.75 Å². The smallest absolute Gasteiger partial charge is 0.194 e. The molecule has 0 saturated carbocycles. The van der Waals surface area contributed by atoms with Crippen molar-refractivity contribution < 1.29 is 9.84 Å². The minimum Gasteiger partial charge on any atom is -0.496 e. The lowest BCUT2D eigenvalue weighted by Crippen LogP contribution is -2.46. The second kappa shape index (κ2) is 8.25. The average molecular weight is 326 g/mol. The molecule has 2 rings (SSSR count). The number of aliphatic hydroxyl groups is 1. The van der Waals surface area contributed by atoms with E-state index >= 15 is 0 Å². The number of nitrogens with zero attached hydrogens (tertiary/aromatic N) is 2. The normalized spacial score (nSPS) is 16.7. The van der Waals surface area contributed by atoms with Gasteiger partial charge in [-0.3, -0.25) is 0 Å². The van der Waals surface area contributed by atoms with E-state index in [0.29, 0.717) is 11.6 Å². The monoisotopic (exact) mass is 325 g/mol. The Hall–Kier alpha value is -1.46. The number of nitrogens with one attached hydrogen (secondary N) is 1. The third kappa shape index (κ3) is 4.52. The molecule has 1 aliphatic heterocycles. The summed E-state index contributed by atoms with van der Waals surface area (Å²) in [6.45, 7) is 5.05. The van der Waals surface area contributed by atoms with E-state index in [2.05, 4.69) is 17.1 Å². The summed E-state index contributed by atoms with van der Waals surface area (Å²) in [5, 5.41) is 13.6. The number of aliphatic hydroxyl groups excluding tert-OH is 1. The van der Waals surface area contributed by atoms with Gasteiger partial charge in [0.1, 0.15) is 5.75 Å². The number of benzene rings is 1. The molecular formula is C16H24ClN3O2. The third-order valence-corrected chi connectivity index (χ3v) is 3.98. The number of likely N-dealkylation sites (tertiary alicyclic amines) is 1. The zero-order valence-electron chi connectivity index (χ0n) is 13.2. The van der Waals surface area contributed by atoms with Crippen LogP contribution in [0.2, 0.25) is 5.02 Å². The van der Waals surface area contributed by atoms with E-state index in [0.717, 1.165) is 49.7 Å². The number of methoxy groups -OCH3 is 1. The highest BCUT2D eigenvalue weighted by molar-refractivity contribution is 6.30. The maximum Gasteiger partial charge on any atom is 0.194 e. The number of rotatable bonds is 4. The van der Waals surface area contributed by atoms with Gasteiger partial charge in [-0.25, -0.2) is 4.99 Å². The summed E-state index contributed by atoms with van der Waals surface area (Å²) in [6, 6.07) is 5.59. The van der Waals surface area contributed by atoms with E-state index < -0.39 is 0 Å². The fourth-order valence-corrected chi connectivity index (χ4v) is 2.67. The molecule has 0 unspecified atom stereocenters. The van der Waals surface area contributed by atoms with E-state index in [1.54, 1.807) is 13.2 Å². The molecule has 2 N–H and O–H groups in total. The molecule has 5 nitrogen and oxygen atoms in total. The first kappa shape index (κ1) is 16.9. The molecule has 1 heterocycles. The molecule has 6 heteroatoms. The van der Waals surface area contributed by atoms with E-state index in [-0.39, 0.29) is 6.10 Å². The van der Waals surface area contributed by atoms with Gasteiger partial charge in [0, 0.05) is 30.2 Å². The molecule has 22 heavy (non-hydrogen) atoms. The topological polar surface area (TPSA) is 57.1 Å². The molecule has 1 aromatic carbocycles. The SMILES string of the molecule is CCNC(=NCc1ccc(Cl)cc1OC)N1CCC(O)CC1. The number of aliphatic imine (C=N–C) groups is 1. The Bertz CT molecular complexity index is 514. The fraction of sp³-hybridized carbons (Fsp3) is 0.562. The van der Waals surface area contributed by atoms with Crippen molar-refractivity contribution in [2.45, 2.75) is 32.4 Å². The van der Waals surface area contributed by atoms with Gasteiger partial charge >= 0.3 is 0 Å². The van der Waals surface area contributed by atoms with Gasteiger partial charge in [-0.2, -0.15) is 0 Å². The number of ether oxygens (including phenoxy) is 1. The van der Waals surface area contributed by atoms with Crippen molar-refractivity contribution in [3.05, 3.63) is 28.8 Å². The predicted octanol–water partition coefficient (Wildman–Crippen LogP) is 2.27. The van der Waals surface area contributed by atoms with Crippen LogP contribution in [0.15, 0.2) is 23.2 Å². The number of halogens is 1. The minimum atomic E-state index is -0.185. The Balaban J connectivity index is 2.10. The highest BCUT2D eigenvalue weighted by Gasteiger charge is 2.19. The predicted molar refractivity (Wildman–Crippen MR) is 89.6 cm³/mol. The van der Waals surface area contributed by atoms with Crippen molar-refractivity contribution in [2.24, 2.45) is 4.99 Å². The highest BCUT2D eigenvalue weighted by Crippen LogP contribution is 2.24. The lowest BCUT2D eigenvalue weighted by molar-refractivity contribution is 0.108. The van der Waals surface area contributed by atoms with Crippen LogP contribution in [0.25, 0.3) is 0 Å².